The number of thioether (sulfide) groups is 1. The van der Waals surface area contributed by atoms with Gasteiger partial charge in [0, 0.05) is 34.6 Å². The van der Waals surface area contributed by atoms with Gasteiger partial charge in [-0.3, -0.25) is 0 Å². The molecule has 0 fully saturated rings. The topological polar surface area (TPSA) is 29.9 Å². The molecule has 1 atom stereocenters. The summed E-state index contributed by atoms with van der Waals surface area (Å²) in [5.41, 5.74) is 0. The molecule has 108 valence electrons. The Balaban J connectivity index is 2.01. The van der Waals surface area contributed by atoms with E-state index in [0.717, 1.165) is 29.0 Å². The molecular weight excluding hydrogens is 334 g/mol. The monoisotopic (exact) mass is 353 g/mol. The standard InChI is InChI=1S/C15H20BrN3S/c1-3-8-17-14(15-18-9-10-19(15)2)11-20-13-6-4-12(16)5-7-13/h4-7,9-10,14,17H,3,8,11H2,1-2H3. The van der Waals surface area contributed by atoms with Crippen LogP contribution in [0, 0.1) is 0 Å². The molecule has 20 heavy (non-hydrogen) atoms. The number of rotatable bonds is 7. The maximum absolute atomic E-state index is 4.48. The minimum absolute atomic E-state index is 0.281. The Kier molecular flexibility index (Phi) is 6.13. The van der Waals surface area contributed by atoms with E-state index < -0.39 is 0 Å². The number of aryl methyl sites for hydroxylation is 1. The van der Waals surface area contributed by atoms with Gasteiger partial charge in [0.05, 0.1) is 6.04 Å². The van der Waals surface area contributed by atoms with Crippen LogP contribution in [0.15, 0.2) is 46.0 Å². The largest absolute Gasteiger partial charge is 0.337 e. The van der Waals surface area contributed by atoms with Crippen molar-refractivity contribution in [3.63, 3.8) is 0 Å². The number of benzene rings is 1. The lowest BCUT2D eigenvalue weighted by Gasteiger charge is -2.18. The summed E-state index contributed by atoms with van der Waals surface area (Å²) in [6.07, 6.45) is 4.99. The number of imidazole rings is 1. The molecule has 0 bridgehead atoms. The van der Waals surface area contributed by atoms with Crippen molar-refractivity contribution < 1.29 is 0 Å². The van der Waals surface area contributed by atoms with Crippen LogP contribution in [-0.4, -0.2) is 21.8 Å². The van der Waals surface area contributed by atoms with Crippen LogP contribution in [0.3, 0.4) is 0 Å². The van der Waals surface area contributed by atoms with Crippen LogP contribution >= 0.6 is 27.7 Å². The molecule has 0 amide bonds. The van der Waals surface area contributed by atoms with Crippen molar-refractivity contribution in [2.75, 3.05) is 12.3 Å². The van der Waals surface area contributed by atoms with E-state index in [4.69, 9.17) is 0 Å². The molecule has 1 aromatic carbocycles. The second-order valence-corrected chi connectivity index (χ2v) is 6.68. The van der Waals surface area contributed by atoms with Gasteiger partial charge in [-0.2, -0.15) is 0 Å². The van der Waals surface area contributed by atoms with Crippen LogP contribution in [0.1, 0.15) is 25.2 Å². The van der Waals surface area contributed by atoms with Crippen LogP contribution in [0.4, 0.5) is 0 Å². The first-order valence-corrected chi connectivity index (χ1v) is 8.57. The van der Waals surface area contributed by atoms with Crippen LogP contribution < -0.4 is 5.32 Å². The molecule has 5 heteroatoms. The van der Waals surface area contributed by atoms with Gasteiger partial charge in [0.2, 0.25) is 0 Å². The van der Waals surface area contributed by atoms with Crippen molar-refractivity contribution in [3.05, 3.63) is 47.0 Å². The third kappa shape index (κ3) is 4.36. The molecule has 0 saturated carbocycles. The molecule has 1 unspecified atom stereocenters. The number of hydrogen-bond acceptors (Lipinski definition) is 3. The lowest BCUT2D eigenvalue weighted by Crippen LogP contribution is -2.26. The Bertz CT molecular complexity index is 524. The molecule has 0 aliphatic heterocycles. The lowest BCUT2D eigenvalue weighted by molar-refractivity contribution is 0.535. The van der Waals surface area contributed by atoms with Gasteiger partial charge < -0.3 is 9.88 Å². The second kappa shape index (κ2) is 7.86. The summed E-state index contributed by atoms with van der Waals surface area (Å²) in [7, 11) is 2.05. The van der Waals surface area contributed by atoms with E-state index in [1.165, 1.54) is 4.90 Å². The van der Waals surface area contributed by atoms with Crippen molar-refractivity contribution in [2.24, 2.45) is 7.05 Å². The highest BCUT2D eigenvalue weighted by atomic mass is 79.9. The van der Waals surface area contributed by atoms with E-state index in [1.54, 1.807) is 0 Å². The van der Waals surface area contributed by atoms with Crippen LogP contribution in [0.2, 0.25) is 0 Å². The highest BCUT2D eigenvalue weighted by Crippen LogP contribution is 2.25. The van der Waals surface area contributed by atoms with Gasteiger partial charge >= 0.3 is 0 Å². The summed E-state index contributed by atoms with van der Waals surface area (Å²) in [6.45, 7) is 3.20. The normalized spacial score (nSPS) is 12.6. The summed E-state index contributed by atoms with van der Waals surface area (Å²) >= 11 is 5.32. The molecule has 2 rings (SSSR count). The summed E-state index contributed by atoms with van der Waals surface area (Å²) < 4.78 is 3.21. The minimum Gasteiger partial charge on any atom is -0.337 e. The van der Waals surface area contributed by atoms with Gasteiger partial charge in [-0.15, -0.1) is 11.8 Å². The van der Waals surface area contributed by atoms with Crippen molar-refractivity contribution >= 4 is 27.7 Å². The average molecular weight is 354 g/mol. The van der Waals surface area contributed by atoms with E-state index in [0.29, 0.717) is 0 Å². The Labute approximate surface area is 133 Å². The van der Waals surface area contributed by atoms with E-state index in [2.05, 4.69) is 62.0 Å². The minimum atomic E-state index is 0.281. The Morgan fingerprint density at radius 1 is 1.35 bits per heavy atom. The van der Waals surface area contributed by atoms with Gasteiger partial charge in [0.15, 0.2) is 0 Å². The molecule has 0 aliphatic carbocycles. The second-order valence-electron chi connectivity index (χ2n) is 4.67. The Morgan fingerprint density at radius 2 is 2.10 bits per heavy atom. The molecule has 1 aromatic heterocycles. The molecule has 0 saturated heterocycles. The first kappa shape index (κ1) is 15.6. The van der Waals surface area contributed by atoms with Gasteiger partial charge in [0.1, 0.15) is 5.82 Å². The Morgan fingerprint density at radius 3 is 2.70 bits per heavy atom. The van der Waals surface area contributed by atoms with Gasteiger partial charge in [0.25, 0.3) is 0 Å². The first-order valence-electron chi connectivity index (χ1n) is 6.79. The van der Waals surface area contributed by atoms with Gasteiger partial charge in [-0.25, -0.2) is 4.98 Å². The number of hydrogen-bond donors (Lipinski definition) is 1. The fraction of sp³-hybridized carbons (Fsp3) is 0.400. The highest BCUT2D eigenvalue weighted by molar-refractivity contribution is 9.10. The zero-order chi connectivity index (χ0) is 14.4. The molecule has 1 heterocycles. The Hall–Kier alpha value is -0.780. The molecule has 2 aromatic rings. The third-order valence-corrected chi connectivity index (χ3v) is 4.68. The zero-order valence-corrected chi connectivity index (χ0v) is 14.2. The van der Waals surface area contributed by atoms with E-state index in [-0.39, 0.29) is 6.04 Å². The molecule has 0 spiro atoms. The van der Waals surface area contributed by atoms with E-state index >= 15 is 0 Å². The zero-order valence-electron chi connectivity index (χ0n) is 11.8. The highest BCUT2D eigenvalue weighted by Gasteiger charge is 2.15. The van der Waals surface area contributed by atoms with E-state index in [9.17, 15) is 0 Å². The van der Waals surface area contributed by atoms with Crippen molar-refractivity contribution in [2.45, 2.75) is 24.3 Å². The SMILES string of the molecule is CCCNC(CSc1ccc(Br)cc1)c1nccn1C. The van der Waals surface area contributed by atoms with Gasteiger partial charge in [-0.05, 0) is 37.2 Å². The predicted molar refractivity (Wildman–Crippen MR) is 89.1 cm³/mol. The maximum atomic E-state index is 4.48. The smallest absolute Gasteiger partial charge is 0.126 e. The van der Waals surface area contributed by atoms with Crippen LogP contribution in [-0.2, 0) is 7.05 Å². The molecular formula is C15H20BrN3S. The predicted octanol–water partition coefficient (Wildman–Crippen LogP) is 4.02. The fourth-order valence-corrected chi connectivity index (χ4v) is 3.19. The molecule has 0 radical (unpaired) electrons. The molecule has 1 N–H and O–H groups in total. The quantitative estimate of drug-likeness (QED) is 0.762. The van der Waals surface area contributed by atoms with Crippen LogP contribution in [0.25, 0.3) is 0 Å². The summed E-state index contributed by atoms with van der Waals surface area (Å²) in [5, 5.41) is 3.58. The maximum Gasteiger partial charge on any atom is 0.126 e. The molecule has 0 aliphatic rings. The number of aromatic nitrogens is 2. The van der Waals surface area contributed by atoms with E-state index in [1.807, 2.05) is 31.2 Å². The average Bonchev–Trinajstić information content (AvgIpc) is 2.87. The van der Waals surface area contributed by atoms with Crippen molar-refractivity contribution in [1.82, 2.24) is 14.9 Å². The summed E-state index contributed by atoms with van der Waals surface area (Å²) in [6, 6.07) is 8.73. The van der Waals surface area contributed by atoms with Gasteiger partial charge in [-0.1, -0.05) is 22.9 Å². The molecule has 3 nitrogen and oxygen atoms in total. The summed E-state index contributed by atoms with van der Waals surface area (Å²) in [5.74, 6) is 2.08. The van der Waals surface area contributed by atoms with Crippen molar-refractivity contribution in [3.8, 4) is 0 Å². The third-order valence-electron chi connectivity index (χ3n) is 3.04. The fourth-order valence-electron chi connectivity index (χ4n) is 1.97. The lowest BCUT2D eigenvalue weighted by atomic mass is 10.3. The number of nitrogens with one attached hydrogen (secondary N) is 1. The number of halogens is 1. The number of nitrogens with zero attached hydrogens (tertiary/aromatic N) is 2. The summed E-state index contributed by atoms with van der Waals surface area (Å²) in [4.78, 5) is 5.76. The van der Waals surface area contributed by atoms with Crippen molar-refractivity contribution in [1.29, 1.82) is 0 Å². The first-order chi connectivity index (χ1) is 9.70. The van der Waals surface area contributed by atoms with Crippen LogP contribution in [0.5, 0.6) is 0 Å².